The van der Waals surface area contributed by atoms with Gasteiger partial charge in [0.2, 0.25) is 0 Å². The van der Waals surface area contributed by atoms with Gasteiger partial charge in [-0.3, -0.25) is 4.68 Å². The van der Waals surface area contributed by atoms with E-state index in [0.717, 1.165) is 51.4 Å². The maximum atomic E-state index is 5.34. The van der Waals surface area contributed by atoms with Crippen LogP contribution in [0.15, 0.2) is 73.4 Å². The standard InChI is InChI=1S/C27H28N6O/c1-5-20-12-21(22-14-30-33(17-22)16-19-7-6-8-23(11-19)34-4)9-10-25(20)32(3)27-13-26-24(15-28-27)29-18-31(26)2/h6-15,17-18H,5,16H2,1-4H3. The van der Waals surface area contributed by atoms with E-state index in [1.54, 1.807) is 7.11 Å². The van der Waals surface area contributed by atoms with Crippen LogP contribution < -0.4 is 9.64 Å². The van der Waals surface area contributed by atoms with Crippen LogP contribution in [0.5, 0.6) is 5.75 Å². The van der Waals surface area contributed by atoms with E-state index in [4.69, 9.17) is 4.74 Å². The summed E-state index contributed by atoms with van der Waals surface area (Å²) in [5.41, 5.74) is 7.77. The summed E-state index contributed by atoms with van der Waals surface area (Å²) >= 11 is 0. The van der Waals surface area contributed by atoms with Crippen molar-refractivity contribution in [2.24, 2.45) is 7.05 Å². The average molecular weight is 453 g/mol. The first-order valence-corrected chi connectivity index (χ1v) is 11.3. The number of benzene rings is 2. The number of hydrogen-bond acceptors (Lipinski definition) is 5. The smallest absolute Gasteiger partial charge is 0.134 e. The van der Waals surface area contributed by atoms with Gasteiger partial charge in [-0.05, 0) is 47.4 Å². The Kier molecular flexibility index (Phi) is 5.76. The highest BCUT2D eigenvalue weighted by Gasteiger charge is 2.13. The molecule has 2 aromatic carbocycles. The molecule has 0 radical (unpaired) electrons. The van der Waals surface area contributed by atoms with Gasteiger partial charge in [-0.15, -0.1) is 0 Å². The van der Waals surface area contributed by atoms with Crippen LogP contribution in [0.1, 0.15) is 18.1 Å². The van der Waals surface area contributed by atoms with E-state index in [1.807, 2.05) is 53.2 Å². The van der Waals surface area contributed by atoms with Crippen LogP contribution in [0.25, 0.3) is 22.2 Å². The summed E-state index contributed by atoms with van der Waals surface area (Å²) in [6.07, 6.45) is 8.58. The number of fused-ring (bicyclic) bond motifs is 1. The van der Waals surface area contributed by atoms with Crippen molar-refractivity contribution in [1.82, 2.24) is 24.3 Å². The number of pyridine rings is 1. The van der Waals surface area contributed by atoms with Crippen LogP contribution >= 0.6 is 0 Å². The molecule has 0 saturated heterocycles. The minimum absolute atomic E-state index is 0.695. The summed E-state index contributed by atoms with van der Waals surface area (Å²) in [6, 6.07) is 16.7. The molecule has 34 heavy (non-hydrogen) atoms. The van der Waals surface area contributed by atoms with Gasteiger partial charge in [-0.2, -0.15) is 5.10 Å². The monoisotopic (exact) mass is 452 g/mol. The second-order valence-corrected chi connectivity index (χ2v) is 8.42. The molecule has 0 bridgehead atoms. The molecule has 3 heterocycles. The predicted octanol–water partition coefficient (Wildman–Crippen LogP) is 5.22. The van der Waals surface area contributed by atoms with Crippen LogP contribution in [0.2, 0.25) is 0 Å². The van der Waals surface area contributed by atoms with Crippen LogP contribution in [-0.4, -0.2) is 38.5 Å². The molecule has 0 saturated carbocycles. The summed E-state index contributed by atoms with van der Waals surface area (Å²) in [7, 11) is 5.75. The van der Waals surface area contributed by atoms with E-state index < -0.39 is 0 Å². The normalized spacial score (nSPS) is 11.2. The fraction of sp³-hybridized carbons (Fsp3) is 0.222. The van der Waals surface area contributed by atoms with E-state index in [1.165, 1.54) is 5.56 Å². The SMILES string of the molecule is CCc1cc(-c2cnn(Cc3cccc(OC)c3)c2)ccc1N(C)c1cc2c(cn1)ncn2C. The predicted molar refractivity (Wildman–Crippen MR) is 136 cm³/mol. The van der Waals surface area contributed by atoms with Crippen LogP contribution in [0.3, 0.4) is 0 Å². The van der Waals surface area contributed by atoms with Crippen molar-refractivity contribution in [3.05, 3.63) is 84.6 Å². The van der Waals surface area contributed by atoms with Gasteiger partial charge in [0.25, 0.3) is 0 Å². The fourth-order valence-electron chi connectivity index (χ4n) is 4.26. The largest absolute Gasteiger partial charge is 0.497 e. The van der Waals surface area contributed by atoms with Gasteiger partial charge in [0.1, 0.15) is 17.1 Å². The number of aryl methyl sites for hydroxylation is 2. The van der Waals surface area contributed by atoms with Gasteiger partial charge < -0.3 is 14.2 Å². The number of aromatic nitrogens is 5. The number of anilines is 2. The van der Waals surface area contributed by atoms with E-state index in [9.17, 15) is 0 Å². The third kappa shape index (κ3) is 4.12. The topological polar surface area (TPSA) is 61.0 Å². The lowest BCUT2D eigenvalue weighted by atomic mass is 10.0. The quantitative estimate of drug-likeness (QED) is 0.339. The van der Waals surface area contributed by atoms with Crippen molar-refractivity contribution < 1.29 is 4.74 Å². The van der Waals surface area contributed by atoms with E-state index in [2.05, 4.69) is 70.5 Å². The second-order valence-electron chi connectivity index (χ2n) is 8.42. The minimum atomic E-state index is 0.695. The van der Waals surface area contributed by atoms with Crippen molar-refractivity contribution in [1.29, 1.82) is 0 Å². The second kappa shape index (κ2) is 9.02. The lowest BCUT2D eigenvalue weighted by Crippen LogP contribution is -2.13. The number of methoxy groups -OCH3 is 1. The van der Waals surface area contributed by atoms with Gasteiger partial charge in [-0.25, -0.2) is 9.97 Å². The molecular weight excluding hydrogens is 424 g/mol. The first-order valence-electron chi connectivity index (χ1n) is 11.3. The van der Waals surface area contributed by atoms with Crippen molar-refractivity contribution in [2.75, 3.05) is 19.1 Å². The third-order valence-corrected chi connectivity index (χ3v) is 6.21. The lowest BCUT2D eigenvalue weighted by Gasteiger charge is -2.22. The molecule has 0 amide bonds. The van der Waals surface area contributed by atoms with E-state index in [0.29, 0.717) is 6.54 Å². The van der Waals surface area contributed by atoms with Gasteiger partial charge in [0.15, 0.2) is 0 Å². The molecule has 0 atom stereocenters. The summed E-state index contributed by atoms with van der Waals surface area (Å²) in [5.74, 6) is 1.75. The Morgan fingerprint density at radius 3 is 2.71 bits per heavy atom. The molecule has 0 fully saturated rings. The Bertz CT molecular complexity index is 1450. The van der Waals surface area contributed by atoms with Crippen molar-refractivity contribution in [2.45, 2.75) is 19.9 Å². The number of nitrogens with zero attached hydrogens (tertiary/aromatic N) is 6. The van der Waals surface area contributed by atoms with Gasteiger partial charge >= 0.3 is 0 Å². The first-order chi connectivity index (χ1) is 16.6. The third-order valence-electron chi connectivity index (χ3n) is 6.21. The van der Waals surface area contributed by atoms with Crippen LogP contribution in [0, 0.1) is 0 Å². The number of imidazole rings is 1. The maximum absolute atomic E-state index is 5.34. The number of ether oxygens (including phenoxy) is 1. The Labute approximate surface area is 199 Å². The zero-order valence-corrected chi connectivity index (χ0v) is 19.9. The first kappa shape index (κ1) is 21.7. The Morgan fingerprint density at radius 1 is 1.00 bits per heavy atom. The highest BCUT2D eigenvalue weighted by atomic mass is 16.5. The number of rotatable bonds is 7. The van der Waals surface area contributed by atoms with Crippen molar-refractivity contribution >= 4 is 22.5 Å². The Morgan fingerprint density at radius 2 is 1.88 bits per heavy atom. The highest BCUT2D eigenvalue weighted by Crippen LogP contribution is 2.31. The summed E-state index contributed by atoms with van der Waals surface area (Å²) in [6.45, 7) is 2.88. The highest BCUT2D eigenvalue weighted by molar-refractivity contribution is 5.79. The molecule has 7 heteroatoms. The van der Waals surface area contributed by atoms with Gasteiger partial charge in [0.05, 0.1) is 37.9 Å². The van der Waals surface area contributed by atoms with Crippen molar-refractivity contribution in [3.63, 3.8) is 0 Å². The summed E-state index contributed by atoms with van der Waals surface area (Å²) in [4.78, 5) is 11.2. The van der Waals surface area contributed by atoms with Crippen LogP contribution in [-0.2, 0) is 20.0 Å². The minimum Gasteiger partial charge on any atom is -0.497 e. The molecule has 0 aliphatic carbocycles. The molecule has 0 aliphatic rings. The Balaban J connectivity index is 1.40. The molecule has 3 aromatic heterocycles. The molecule has 172 valence electrons. The fourth-order valence-corrected chi connectivity index (χ4v) is 4.26. The van der Waals surface area contributed by atoms with Gasteiger partial charge in [-0.1, -0.05) is 25.1 Å². The molecule has 0 N–H and O–H groups in total. The molecule has 5 rings (SSSR count). The molecule has 0 spiro atoms. The molecule has 0 unspecified atom stereocenters. The molecule has 5 aromatic rings. The molecular formula is C27H28N6O. The number of hydrogen-bond donors (Lipinski definition) is 0. The maximum Gasteiger partial charge on any atom is 0.134 e. The van der Waals surface area contributed by atoms with E-state index in [-0.39, 0.29) is 0 Å². The summed E-state index contributed by atoms with van der Waals surface area (Å²) < 4.78 is 9.31. The van der Waals surface area contributed by atoms with Gasteiger partial charge in [0, 0.05) is 37.6 Å². The van der Waals surface area contributed by atoms with Crippen LogP contribution in [0.4, 0.5) is 11.5 Å². The van der Waals surface area contributed by atoms with Crippen molar-refractivity contribution in [3.8, 4) is 16.9 Å². The summed E-state index contributed by atoms with van der Waals surface area (Å²) in [5, 5.41) is 4.58. The zero-order chi connectivity index (χ0) is 23.7. The lowest BCUT2D eigenvalue weighted by molar-refractivity contribution is 0.414. The Hall–Kier alpha value is -4.13. The molecule has 7 nitrogen and oxygen atoms in total. The average Bonchev–Trinajstić information content (AvgIpc) is 3.49. The zero-order valence-electron chi connectivity index (χ0n) is 19.9. The van der Waals surface area contributed by atoms with E-state index >= 15 is 0 Å². The molecule has 0 aliphatic heterocycles.